The zero-order valence-electron chi connectivity index (χ0n) is 25.0. The Bertz CT molecular complexity index is 1240. The van der Waals surface area contributed by atoms with Crippen molar-refractivity contribution >= 4 is 40.9 Å². The van der Waals surface area contributed by atoms with Gasteiger partial charge in [-0.1, -0.05) is 19.8 Å². The monoisotopic (exact) mass is 632 g/mol. The maximum Gasteiger partial charge on any atom is 0.509 e. The van der Waals surface area contributed by atoms with Crippen molar-refractivity contribution in [3.63, 3.8) is 0 Å². The minimum Gasteiger partial charge on any atom is -0.476 e. The fourth-order valence-electron chi connectivity index (χ4n) is 4.11. The molecule has 0 aromatic carbocycles. The fourth-order valence-corrected chi connectivity index (χ4v) is 4.27. The van der Waals surface area contributed by atoms with Gasteiger partial charge in [-0.2, -0.15) is 9.97 Å². The Morgan fingerprint density at radius 1 is 1.09 bits per heavy atom. The molecular formula is C27H38ClFN4O10. The molecule has 0 amide bonds. The third-order valence-corrected chi connectivity index (χ3v) is 6.11. The lowest BCUT2D eigenvalue weighted by molar-refractivity contribution is -0.177. The molecule has 0 saturated carbocycles. The number of carbonyl (C=O) groups excluding carboxylic acids is 3. The summed E-state index contributed by atoms with van der Waals surface area (Å²) in [5.74, 6) is -1.89. The lowest BCUT2D eigenvalue weighted by Crippen LogP contribution is -2.42. The summed E-state index contributed by atoms with van der Waals surface area (Å²) in [7, 11) is 0. The number of carbonyl (C=O) groups is 3. The molecule has 0 spiro atoms. The van der Waals surface area contributed by atoms with Crippen molar-refractivity contribution in [1.82, 2.24) is 19.5 Å². The Balaban J connectivity index is 1.91. The van der Waals surface area contributed by atoms with E-state index >= 15 is 4.39 Å². The minimum atomic E-state index is -2.01. The minimum absolute atomic E-state index is 0.0283. The number of hydrogen-bond donors (Lipinski definition) is 0. The lowest BCUT2D eigenvalue weighted by atomic mass is 10.1. The number of imidazole rings is 1. The number of alkyl halides is 1. The zero-order chi connectivity index (χ0) is 31.7. The number of aromatic nitrogens is 4. The van der Waals surface area contributed by atoms with Gasteiger partial charge in [0.1, 0.15) is 11.7 Å². The number of nitrogens with zero attached hydrogens (tertiary/aromatic N) is 4. The Hall–Kier alpha value is -3.30. The van der Waals surface area contributed by atoms with E-state index in [9.17, 15) is 14.4 Å². The molecule has 1 saturated heterocycles. The Morgan fingerprint density at radius 3 is 2.37 bits per heavy atom. The number of unbranched alkanes of at least 4 members (excludes halogenated alkanes) is 2. The molecule has 0 N–H and O–H groups in total. The smallest absolute Gasteiger partial charge is 0.476 e. The van der Waals surface area contributed by atoms with Gasteiger partial charge in [-0.25, -0.2) is 23.8 Å². The van der Waals surface area contributed by atoms with Gasteiger partial charge in [0.25, 0.3) is 6.10 Å². The average Bonchev–Trinajstić information content (AvgIpc) is 3.46. The van der Waals surface area contributed by atoms with Crippen LogP contribution in [0.4, 0.5) is 9.18 Å². The van der Waals surface area contributed by atoms with Crippen molar-refractivity contribution in [1.29, 1.82) is 0 Å². The van der Waals surface area contributed by atoms with Crippen LogP contribution in [0.2, 0.25) is 5.28 Å². The second-order valence-electron chi connectivity index (χ2n) is 10.5. The second-order valence-corrected chi connectivity index (χ2v) is 10.8. The van der Waals surface area contributed by atoms with Crippen LogP contribution in [-0.2, 0) is 38.0 Å². The molecule has 240 valence electrons. The molecule has 2 aromatic heterocycles. The number of esters is 2. The molecule has 0 bridgehead atoms. The van der Waals surface area contributed by atoms with E-state index in [-0.39, 0.29) is 35.5 Å². The van der Waals surface area contributed by atoms with Crippen LogP contribution in [0.1, 0.15) is 67.0 Å². The quantitative estimate of drug-likeness (QED) is 0.0963. The van der Waals surface area contributed by atoms with Crippen LogP contribution in [0.15, 0.2) is 6.33 Å². The number of fused-ring (bicyclic) bond motifs is 1. The van der Waals surface area contributed by atoms with E-state index in [0.717, 1.165) is 19.3 Å². The first kappa shape index (κ1) is 34.2. The zero-order valence-corrected chi connectivity index (χ0v) is 25.8. The Labute approximate surface area is 253 Å². The molecule has 0 unspecified atom stereocenters. The van der Waals surface area contributed by atoms with Crippen molar-refractivity contribution in [3.05, 3.63) is 11.6 Å². The van der Waals surface area contributed by atoms with Crippen LogP contribution in [0.3, 0.4) is 0 Å². The molecule has 1 aliphatic heterocycles. The van der Waals surface area contributed by atoms with E-state index in [2.05, 4.69) is 21.9 Å². The predicted octanol–water partition coefficient (Wildman–Crippen LogP) is 4.12. The molecule has 4 atom stereocenters. The fraction of sp³-hybridized carbons (Fsp3) is 0.704. The third kappa shape index (κ3) is 9.10. The van der Waals surface area contributed by atoms with Gasteiger partial charge in [0.05, 0.1) is 32.8 Å². The van der Waals surface area contributed by atoms with Crippen LogP contribution in [-0.4, -0.2) is 94.1 Å². The van der Waals surface area contributed by atoms with Crippen LogP contribution in [0, 0.1) is 0 Å². The number of halogens is 2. The molecule has 0 radical (unpaired) electrons. The van der Waals surface area contributed by atoms with Gasteiger partial charge < -0.3 is 33.2 Å². The van der Waals surface area contributed by atoms with E-state index in [4.69, 9.17) is 44.8 Å². The summed E-state index contributed by atoms with van der Waals surface area (Å²) < 4.78 is 54.9. The standard InChI is InChI=1S/C27H38ClFN4O10/c1-7-10-11-12-39-21-17-20(31-25(28)32-21)33(14-30-17)22-16(29)18(42-26(36)43-27(4,5)6)15(41-22)13-40-19(23(34)37-8-2)24(35)38-9-3/h14-16,18-19,22H,7-13H2,1-6H3/t15-,16+,18-,22-/m1/s1. The SMILES string of the molecule is CCCCCOc1nc(Cl)nc2c1ncn2[C@@H]1O[C@H](COC(C(=O)OCC)C(=O)OCC)[C@@H](OC(=O)OC(C)(C)C)[C@@H]1F. The van der Waals surface area contributed by atoms with Crippen molar-refractivity contribution in [3.8, 4) is 5.88 Å². The first-order chi connectivity index (χ1) is 20.4. The maximum absolute atomic E-state index is 16.1. The first-order valence-corrected chi connectivity index (χ1v) is 14.4. The number of hydrogen-bond acceptors (Lipinski definition) is 13. The number of rotatable bonds is 14. The van der Waals surface area contributed by atoms with E-state index in [1.165, 1.54) is 10.9 Å². The predicted molar refractivity (Wildman–Crippen MR) is 148 cm³/mol. The van der Waals surface area contributed by atoms with E-state index in [0.29, 0.717) is 6.61 Å². The van der Waals surface area contributed by atoms with E-state index in [1.807, 2.05) is 0 Å². The molecule has 16 heteroatoms. The summed E-state index contributed by atoms with van der Waals surface area (Å²) in [6, 6.07) is 0. The highest BCUT2D eigenvalue weighted by Crippen LogP contribution is 2.37. The highest BCUT2D eigenvalue weighted by molar-refractivity contribution is 6.28. The van der Waals surface area contributed by atoms with Crippen LogP contribution < -0.4 is 4.74 Å². The normalized spacial score (nSPS) is 20.3. The molecule has 14 nitrogen and oxygen atoms in total. The molecule has 1 fully saturated rings. The van der Waals surface area contributed by atoms with Crippen LogP contribution in [0.5, 0.6) is 5.88 Å². The summed E-state index contributed by atoms with van der Waals surface area (Å²) in [6.45, 7) is 9.74. The van der Waals surface area contributed by atoms with Crippen LogP contribution in [0.25, 0.3) is 11.2 Å². The number of ether oxygens (including phenoxy) is 7. The van der Waals surface area contributed by atoms with Crippen LogP contribution >= 0.6 is 11.6 Å². The van der Waals surface area contributed by atoms with E-state index in [1.54, 1.807) is 34.6 Å². The molecule has 0 aliphatic carbocycles. The second kappa shape index (κ2) is 15.4. The summed E-state index contributed by atoms with van der Waals surface area (Å²) in [4.78, 5) is 49.9. The molecule has 43 heavy (non-hydrogen) atoms. The summed E-state index contributed by atoms with van der Waals surface area (Å²) >= 11 is 6.15. The summed E-state index contributed by atoms with van der Waals surface area (Å²) in [5, 5.41) is -0.165. The van der Waals surface area contributed by atoms with Crippen molar-refractivity contribution in [2.45, 2.75) is 97.1 Å². The third-order valence-electron chi connectivity index (χ3n) is 5.94. The lowest BCUT2D eigenvalue weighted by Gasteiger charge is -2.24. The van der Waals surface area contributed by atoms with Gasteiger partial charge in [-0.3, -0.25) is 4.57 Å². The molecule has 2 aromatic rings. The highest BCUT2D eigenvalue weighted by atomic mass is 35.5. The molecule has 3 heterocycles. The van der Waals surface area contributed by atoms with Gasteiger partial charge in [-0.05, 0) is 52.6 Å². The topological polar surface area (TPSA) is 159 Å². The maximum atomic E-state index is 16.1. The van der Waals surface area contributed by atoms with Crippen molar-refractivity contribution in [2.24, 2.45) is 0 Å². The largest absolute Gasteiger partial charge is 0.509 e. The molecular weight excluding hydrogens is 595 g/mol. The molecule has 1 aliphatic rings. The van der Waals surface area contributed by atoms with Gasteiger partial charge >= 0.3 is 18.1 Å². The van der Waals surface area contributed by atoms with Gasteiger partial charge in [-0.15, -0.1) is 0 Å². The Morgan fingerprint density at radius 2 is 1.77 bits per heavy atom. The Kier molecular flexibility index (Phi) is 12.3. The summed E-state index contributed by atoms with van der Waals surface area (Å²) in [6.07, 6.45) is -5.33. The van der Waals surface area contributed by atoms with Gasteiger partial charge in [0.2, 0.25) is 11.2 Å². The first-order valence-electron chi connectivity index (χ1n) is 14.1. The molecule has 3 rings (SSSR count). The van der Waals surface area contributed by atoms with Gasteiger partial charge in [0, 0.05) is 0 Å². The van der Waals surface area contributed by atoms with Crippen molar-refractivity contribution in [2.75, 3.05) is 26.4 Å². The van der Waals surface area contributed by atoms with Gasteiger partial charge in [0.15, 0.2) is 29.7 Å². The highest BCUT2D eigenvalue weighted by Gasteiger charge is 2.50. The van der Waals surface area contributed by atoms with E-state index < -0.39 is 61.0 Å². The summed E-state index contributed by atoms with van der Waals surface area (Å²) in [5.41, 5.74) is -0.619. The average molecular weight is 633 g/mol. The van der Waals surface area contributed by atoms with Crippen molar-refractivity contribution < 1.29 is 51.9 Å².